The first kappa shape index (κ1) is 19.9. The number of nitrogens with zero attached hydrogens (tertiary/aromatic N) is 3. The van der Waals surface area contributed by atoms with Crippen molar-refractivity contribution < 1.29 is 22.3 Å². The van der Waals surface area contributed by atoms with E-state index in [1.54, 1.807) is 30.3 Å². The molecule has 0 saturated carbocycles. The van der Waals surface area contributed by atoms with Gasteiger partial charge in [0.1, 0.15) is 23.0 Å². The summed E-state index contributed by atoms with van der Waals surface area (Å²) in [5, 5.41) is 0. The van der Waals surface area contributed by atoms with Gasteiger partial charge in [-0.25, -0.2) is 18.6 Å². The predicted octanol–water partition coefficient (Wildman–Crippen LogP) is 4.04. The van der Waals surface area contributed by atoms with Crippen LogP contribution in [0.2, 0.25) is 0 Å². The Kier molecular flexibility index (Phi) is 4.99. The van der Waals surface area contributed by atoms with Crippen molar-refractivity contribution in [1.82, 2.24) is 9.13 Å². The summed E-state index contributed by atoms with van der Waals surface area (Å²) in [6, 6.07) is 9.97. The van der Waals surface area contributed by atoms with Gasteiger partial charge < -0.3 is 4.74 Å². The fourth-order valence-electron chi connectivity index (χ4n) is 2.61. The normalized spacial score (nSPS) is 11.2. The van der Waals surface area contributed by atoms with E-state index in [4.69, 9.17) is 11.3 Å². The standard InChI is InChI=1S/C19H11F4N3O3/c1-24-13-8-12(20)14(9-15(13)29-11-6-4-3-5-7-11)26-17(27)10-16(19(21,22)23)25(2)18(26)28/h3-10H,2H3. The van der Waals surface area contributed by atoms with Gasteiger partial charge in [0.2, 0.25) is 5.69 Å². The van der Waals surface area contributed by atoms with Crippen molar-refractivity contribution in [3.8, 4) is 17.2 Å². The topological polar surface area (TPSA) is 57.6 Å². The van der Waals surface area contributed by atoms with Gasteiger partial charge in [-0.05, 0) is 24.3 Å². The summed E-state index contributed by atoms with van der Waals surface area (Å²) in [6.07, 6.45) is -4.94. The van der Waals surface area contributed by atoms with Crippen molar-refractivity contribution >= 4 is 5.69 Å². The summed E-state index contributed by atoms with van der Waals surface area (Å²) in [6.45, 7) is 7.16. The van der Waals surface area contributed by atoms with Gasteiger partial charge in [0.05, 0.1) is 12.3 Å². The lowest BCUT2D eigenvalue weighted by atomic mass is 10.2. The van der Waals surface area contributed by atoms with Crippen molar-refractivity contribution in [2.45, 2.75) is 6.18 Å². The van der Waals surface area contributed by atoms with Gasteiger partial charge in [-0.15, -0.1) is 0 Å². The van der Waals surface area contributed by atoms with Gasteiger partial charge in [0.25, 0.3) is 5.56 Å². The molecule has 0 atom stereocenters. The van der Waals surface area contributed by atoms with Crippen LogP contribution in [0.1, 0.15) is 5.69 Å². The number of hydrogen-bond acceptors (Lipinski definition) is 3. The Labute approximate surface area is 160 Å². The van der Waals surface area contributed by atoms with Gasteiger partial charge in [0, 0.05) is 13.1 Å². The number of rotatable bonds is 3. The number of benzene rings is 2. The number of hydrogen-bond donors (Lipinski definition) is 0. The molecule has 0 bridgehead atoms. The van der Waals surface area contributed by atoms with Crippen LogP contribution in [-0.2, 0) is 13.2 Å². The zero-order chi connectivity index (χ0) is 21.3. The van der Waals surface area contributed by atoms with Crippen LogP contribution in [0.25, 0.3) is 10.5 Å². The molecule has 0 amide bonds. The van der Waals surface area contributed by atoms with Crippen molar-refractivity contribution in [2.75, 3.05) is 0 Å². The van der Waals surface area contributed by atoms with E-state index in [9.17, 15) is 27.2 Å². The van der Waals surface area contributed by atoms with Gasteiger partial charge >= 0.3 is 11.9 Å². The van der Waals surface area contributed by atoms with Gasteiger partial charge in [-0.1, -0.05) is 18.2 Å². The summed E-state index contributed by atoms with van der Waals surface area (Å²) in [4.78, 5) is 27.7. The minimum absolute atomic E-state index is 0.170. The SMILES string of the molecule is [C-]#[N+]c1cc(F)c(-n2c(=O)cc(C(F)(F)F)n(C)c2=O)cc1Oc1ccccc1. The molecule has 1 aromatic heterocycles. The molecule has 148 valence electrons. The Morgan fingerprint density at radius 2 is 1.72 bits per heavy atom. The lowest BCUT2D eigenvalue weighted by Crippen LogP contribution is -2.41. The summed E-state index contributed by atoms with van der Waals surface area (Å²) in [5.41, 5.74) is -5.12. The Hall–Kier alpha value is -3.87. The van der Waals surface area contributed by atoms with Crippen LogP contribution in [0.3, 0.4) is 0 Å². The summed E-state index contributed by atoms with van der Waals surface area (Å²) < 4.78 is 59.5. The third-order valence-corrected chi connectivity index (χ3v) is 3.97. The zero-order valence-corrected chi connectivity index (χ0v) is 14.7. The maximum Gasteiger partial charge on any atom is 0.431 e. The average Bonchev–Trinajstić information content (AvgIpc) is 2.66. The van der Waals surface area contributed by atoms with E-state index < -0.39 is 34.6 Å². The van der Waals surface area contributed by atoms with Crippen LogP contribution in [0, 0.1) is 12.4 Å². The molecule has 0 N–H and O–H groups in total. The Balaban J connectivity index is 2.24. The molecule has 3 aromatic rings. The third kappa shape index (κ3) is 3.75. The summed E-state index contributed by atoms with van der Waals surface area (Å²) in [5.74, 6) is -1.02. The highest BCUT2D eigenvalue weighted by molar-refractivity contribution is 5.63. The lowest BCUT2D eigenvalue weighted by molar-refractivity contribution is -0.144. The monoisotopic (exact) mass is 405 g/mol. The fourth-order valence-corrected chi connectivity index (χ4v) is 2.61. The van der Waals surface area contributed by atoms with Crippen LogP contribution in [0.15, 0.2) is 58.1 Å². The molecule has 0 aliphatic carbocycles. The zero-order valence-electron chi connectivity index (χ0n) is 14.7. The van der Waals surface area contributed by atoms with E-state index in [-0.39, 0.29) is 26.6 Å². The van der Waals surface area contributed by atoms with Crippen LogP contribution in [0.5, 0.6) is 11.5 Å². The van der Waals surface area contributed by atoms with Gasteiger partial charge in [-0.2, -0.15) is 13.2 Å². The Bertz CT molecular complexity index is 1240. The molecule has 0 aliphatic rings. The molecule has 0 spiro atoms. The van der Waals surface area contributed by atoms with E-state index in [0.717, 1.165) is 19.2 Å². The number of aromatic nitrogens is 2. The maximum absolute atomic E-state index is 14.5. The summed E-state index contributed by atoms with van der Waals surface area (Å²) in [7, 11) is 0.813. The molecule has 10 heteroatoms. The first-order valence-electron chi connectivity index (χ1n) is 7.98. The average molecular weight is 405 g/mol. The van der Waals surface area contributed by atoms with E-state index in [1.165, 1.54) is 0 Å². The molecule has 6 nitrogen and oxygen atoms in total. The van der Waals surface area contributed by atoms with Crippen LogP contribution >= 0.6 is 0 Å². The second kappa shape index (κ2) is 7.27. The Morgan fingerprint density at radius 1 is 1.07 bits per heavy atom. The number of alkyl halides is 3. The molecular formula is C19H11F4N3O3. The molecule has 0 saturated heterocycles. The smallest absolute Gasteiger partial charge is 0.431 e. The molecule has 2 aromatic carbocycles. The molecule has 0 unspecified atom stereocenters. The minimum Gasteiger partial charge on any atom is -0.468 e. The molecular weight excluding hydrogens is 394 g/mol. The highest BCUT2D eigenvalue weighted by Gasteiger charge is 2.35. The lowest BCUT2D eigenvalue weighted by Gasteiger charge is -2.15. The molecule has 0 aliphatic heterocycles. The van der Waals surface area contributed by atoms with Crippen LogP contribution < -0.4 is 16.0 Å². The van der Waals surface area contributed by atoms with Crippen LogP contribution in [-0.4, -0.2) is 9.13 Å². The number of para-hydroxylation sites is 1. The first-order valence-corrected chi connectivity index (χ1v) is 7.98. The van der Waals surface area contributed by atoms with E-state index in [0.29, 0.717) is 5.75 Å². The highest BCUT2D eigenvalue weighted by Crippen LogP contribution is 2.35. The molecule has 3 rings (SSSR count). The van der Waals surface area contributed by atoms with Gasteiger partial charge in [0.15, 0.2) is 0 Å². The van der Waals surface area contributed by atoms with E-state index >= 15 is 0 Å². The van der Waals surface area contributed by atoms with E-state index in [2.05, 4.69) is 4.85 Å². The van der Waals surface area contributed by atoms with E-state index in [1.807, 2.05) is 0 Å². The summed E-state index contributed by atoms with van der Waals surface area (Å²) >= 11 is 0. The second-order valence-electron chi connectivity index (χ2n) is 5.84. The quantitative estimate of drug-likeness (QED) is 0.488. The fraction of sp³-hybridized carbons (Fsp3) is 0.105. The molecule has 1 heterocycles. The highest BCUT2D eigenvalue weighted by atomic mass is 19.4. The largest absolute Gasteiger partial charge is 0.468 e. The Morgan fingerprint density at radius 3 is 2.31 bits per heavy atom. The van der Waals surface area contributed by atoms with Crippen molar-refractivity contribution in [3.63, 3.8) is 0 Å². The van der Waals surface area contributed by atoms with Crippen molar-refractivity contribution in [1.29, 1.82) is 0 Å². The second-order valence-corrected chi connectivity index (χ2v) is 5.84. The minimum atomic E-state index is -4.94. The first-order chi connectivity index (χ1) is 13.6. The van der Waals surface area contributed by atoms with Gasteiger partial charge in [-0.3, -0.25) is 9.36 Å². The predicted molar refractivity (Wildman–Crippen MR) is 95.0 cm³/mol. The number of halogens is 4. The van der Waals surface area contributed by atoms with Crippen molar-refractivity contribution in [2.24, 2.45) is 7.05 Å². The van der Waals surface area contributed by atoms with Crippen LogP contribution in [0.4, 0.5) is 23.2 Å². The number of ether oxygens (including phenoxy) is 1. The third-order valence-electron chi connectivity index (χ3n) is 3.97. The molecule has 0 fully saturated rings. The molecule has 29 heavy (non-hydrogen) atoms. The molecule has 0 radical (unpaired) electrons. The maximum atomic E-state index is 14.5. The van der Waals surface area contributed by atoms with Crippen molar-refractivity contribution in [3.05, 3.63) is 92.3 Å².